The van der Waals surface area contributed by atoms with Crippen LogP contribution in [0.25, 0.3) is 5.57 Å². The van der Waals surface area contributed by atoms with Crippen molar-refractivity contribution in [2.45, 2.75) is 59.0 Å². The number of amides is 3. The predicted octanol–water partition coefficient (Wildman–Crippen LogP) is 3.67. The molecule has 4 rings (SSSR count). The van der Waals surface area contributed by atoms with E-state index in [9.17, 15) is 18.9 Å². The molecule has 11 heteroatoms. The number of hydrogen-bond donors (Lipinski definition) is 3. The van der Waals surface area contributed by atoms with Crippen molar-refractivity contribution in [2.75, 3.05) is 18.0 Å². The predicted molar refractivity (Wildman–Crippen MR) is 151 cm³/mol. The fourth-order valence-corrected chi connectivity index (χ4v) is 5.63. The Hall–Kier alpha value is -3.46. The van der Waals surface area contributed by atoms with Gasteiger partial charge in [-0.25, -0.2) is 4.57 Å². The number of fused-ring (bicyclic) bond motifs is 1. The number of anilines is 1. The second-order valence-electron chi connectivity index (χ2n) is 11.3. The fraction of sp³-hybridized carbons (Fsp3) is 0.414. The Balaban J connectivity index is 1.48. The van der Waals surface area contributed by atoms with Crippen LogP contribution >= 0.6 is 7.82 Å². The monoisotopic (exact) mass is 569 g/mol. The Morgan fingerprint density at radius 2 is 1.75 bits per heavy atom. The Morgan fingerprint density at radius 1 is 1.07 bits per heavy atom. The third kappa shape index (κ3) is 6.81. The van der Waals surface area contributed by atoms with Crippen molar-refractivity contribution in [3.63, 3.8) is 0 Å². The molecule has 2 aliphatic rings. The third-order valence-corrected chi connectivity index (χ3v) is 7.70. The first kappa shape index (κ1) is 29.5. The molecule has 0 saturated carbocycles. The normalized spacial score (nSPS) is 18.4. The molecule has 0 aromatic heterocycles. The lowest BCUT2D eigenvalue weighted by Crippen LogP contribution is -2.57. The summed E-state index contributed by atoms with van der Waals surface area (Å²) in [5.41, 5.74) is 2.63. The van der Waals surface area contributed by atoms with Gasteiger partial charge < -0.3 is 19.6 Å². The van der Waals surface area contributed by atoms with Gasteiger partial charge in [0.15, 0.2) is 0 Å². The number of likely N-dealkylation sites (tertiary alicyclic amines) is 1. The number of phosphoric ester groups is 1. The number of nitrogens with zero attached hydrogens (tertiary/aromatic N) is 2. The van der Waals surface area contributed by atoms with Gasteiger partial charge in [-0.1, -0.05) is 51.1 Å². The van der Waals surface area contributed by atoms with Gasteiger partial charge in [0.2, 0.25) is 17.7 Å². The first-order valence-corrected chi connectivity index (χ1v) is 14.8. The molecule has 3 N–H and O–H groups in total. The smallest absolute Gasteiger partial charge is 0.404 e. The Bertz CT molecular complexity index is 1360. The largest absolute Gasteiger partial charge is 0.524 e. The Morgan fingerprint density at radius 3 is 2.40 bits per heavy atom. The van der Waals surface area contributed by atoms with Crippen LogP contribution in [0, 0.1) is 5.41 Å². The summed E-state index contributed by atoms with van der Waals surface area (Å²) < 4.78 is 15.6. The molecule has 214 valence electrons. The van der Waals surface area contributed by atoms with Crippen molar-refractivity contribution in [2.24, 2.45) is 5.41 Å². The second-order valence-corrected chi connectivity index (χ2v) is 12.5. The maximum Gasteiger partial charge on any atom is 0.524 e. The Labute approximate surface area is 234 Å². The molecule has 0 radical (unpaired) electrons. The molecule has 2 atom stereocenters. The first-order chi connectivity index (χ1) is 18.7. The maximum atomic E-state index is 13.9. The lowest BCUT2D eigenvalue weighted by molar-refractivity contribution is -0.142. The minimum absolute atomic E-state index is 0.000128. The zero-order chi connectivity index (χ0) is 29.2. The van der Waals surface area contributed by atoms with Crippen LogP contribution in [-0.2, 0) is 25.4 Å². The van der Waals surface area contributed by atoms with E-state index in [1.807, 2.05) is 45.0 Å². The first-order valence-electron chi connectivity index (χ1n) is 13.3. The SMILES string of the molecule is C/C(=C\C(=O)N[C@H](C(=O)N1CCC[C@H]1C(=O)N1CCc2ccccc21)C(C)(C)C)c1ccc(OP(=O)(O)O)cc1. The van der Waals surface area contributed by atoms with Crippen LogP contribution in [-0.4, -0.2) is 57.6 Å². The average Bonchev–Trinajstić information content (AvgIpc) is 3.53. The van der Waals surface area contributed by atoms with Crippen molar-refractivity contribution >= 4 is 36.8 Å². The molecule has 2 aromatic carbocycles. The summed E-state index contributed by atoms with van der Waals surface area (Å²) in [7, 11) is -4.67. The highest BCUT2D eigenvalue weighted by Gasteiger charge is 2.43. The number of para-hydroxylation sites is 1. The van der Waals surface area contributed by atoms with Crippen molar-refractivity contribution in [3.8, 4) is 5.75 Å². The molecule has 40 heavy (non-hydrogen) atoms. The topological polar surface area (TPSA) is 136 Å². The number of rotatable bonds is 7. The highest BCUT2D eigenvalue weighted by atomic mass is 31.2. The highest BCUT2D eigenvalue weighted by molar-refractivity contribution is 7.46. The molecule has 2 heterocycles. The molecule has 1 saturated heterocycles. The van der Waals surface area contributed by atoms with E-state index in [1.165, 1.54) is 18.2 Å². The van der Waals surface area contributed by atoms with Crippen LogP contribution in [0.5, 0.6) is 5.75 Å². The average molecular weight is 570 g/mol. The minimum atomic E-state index is -4.67. The van der Waals surface area contributed by atoms with Gasteiger partial charge in [0, 0.05) is 24.9 Å². The zero-order valence-electron chi connectivity index (χ0n) is 23.2. The van der Waals surface area contributed by atoms with Gasteiger partial charge in [0.25, 0.3) is 0 Å². The van der Waals surface area contributed by atoms with E-state index < -0.39 is 31.2 Å². The summed E-state index contributed by atoms with van der Waals surface area (Å²) in [5, 5.41) is 2.86. The summed E-state index contributed by atoms with van der Waals surface area (Å²) in [6.45, 7) is 8.37. The molecule has 0 spiro atoms. The van der Waals surface area contributed by atoms with Gasteiger partial charge in [-0.15, -0.1) is 0 Å². The molecule has 10 nitrogen and oxygen atoms in total. The number of allylic oxidation sites excluding steroid dienone is 1. The number of hydrogen-bond acceptors (Lipinski definition) is 5. The van der Waals surface area contributed by atoms with E-state index in [2.05, 4.69) is 9.84 Å². The zero-order valence-corrected chi connectivity index (χ0v) is 24.1. The van der Waals surface area contributed by atoms with Crippen molar-refractivity contribution in [1.29, 1.82) is 0 Å². The number of phosphoric acid groups is 1. The summed E-state index contributed by atoms with van der Waals surface area (Å²) in [6, 6.07) is 12.3. The summed E-state index contributed by atoms with van der Waals surface area (Å²) >= 11 is 0. The fourth-order valence-electron chi connectivity index (χ4n) is 5.23. The van der Waals surface area contributed by atoms with Gasteiger partial charge in [0.05, 0.1) is 0 Å². The van der Waals surface area contributed by atoms with E-state index in [0.717, 1.165) is 17.7 Å². The van der Waals surface area contributed by atoms with E-state index in [4.69, 9.17) is 9.79 Å². The van der Waals surface area contributed by atoms with Crippen LogP contribution in [0.2, 0.25) is 0 Å². The molecular weight excluding hydrogens is 533 g/mol. The van der Waals surface area contributed by atoms with Crippen LogP contribution in [0.15, 0.2) is 54.6 Å². The molecule has 0 unspecified atom stereocenters. The number of carbonyl (C=O) groups is 3. The third-order valence-electron chi connectivity index (χ3n) is 7.26. The molecule has 3 amide bonds. The second kappa shape index (κ2) is 11.6. The summed E-state index contributed by atoms with van der Waals surface area (Å²) in [4.78, 5) is 61.8. The summed E-state index contributed by atoms with van der Waals surface area (Å²) in [5.74, 6) is -0.831. The van der Waals surface area contributed by atoms with Gasteiger partial charge >= 0.3 is 7.82 Å². The highest BCUT2D eigenvalue weighted by Crippen LogP contribution is 2.37. The van der Waals surface area contributed by atoms with Crippen molar-refractivity contribution < 1.29 is 33.3 Å². The number of nitrogens with one attached hydrogen (secondary N) is 1. The lowest BCUT2D eigenvalue weighted by atomic mass is 9.85. The van der Waals surface area contributed by atoms with Crippen LogP contribution in [0.4, 0.5) is 5.69 Å². The molecule has 2 aromatic rings. The minimum Gasteiger partial charge on any atom is -0.404 e. The number of benzene rings is 2. The quantitative estimate of drug-likeness (QED) is 0.342. The molecule has 0 aliphatic carbocycles. The molecule has 1 fully saturated rings. The van der Waals surface area contributed by atoms with E-state index in [1.54, 1.807) is 28.9 Å². The maximum absolute atomic E-state index is 13.9. The van der Waals surface area contributed by atoms with Crippen molar-refractivity contribution in [1.82, 2.24) is 10.2 Å². The van der Waals surface area contributed by atoms with E-state index in [0.29, 0.717) is 37.1 Å². The molecule has 2 aliphatic heterocycles. The molecule has 0 bridgehead atoms. The van der Waals surface area contributed by atoms with Crippen LogP contribution in [0.3, 0.4) is 0 Å². The van der Waals surface area contributed by atoms with Crippen LogP contribution < -0.4 is 14.7 Å². The Kier molecular flexibility index (Phi) is 8.54. The van der Waals surface area contributed by atoms with Crippen LogP contribution in [0.1, 0.15) is 51.7 Å². The standard InChI is InChI=1S/C29H36N3O7P/c1-19(20-11-13-22(14-12-20)39-40(36,37)38)18-25(33)30-26(29(2,3)4)28(35)31-16-7-10-24(31)27(34)32-17-15-21-8-5-6-9-23(21)32/h5-6,8-9,11-14,18,24,26H,7,10,15-17H2,1-4H3,(H,30,33)(H2,36,37,38)/b19-18+/t24-,26+/m0/s1. The molecular formula is C29H36N3O7P. The number of carbonyl (C=O) groups excluding carboxylic acids is 3. The van der Waals surface area contributed by atoms with Gasteiger partial charge in [-0.05, 0) is 66.5 Å². The van der Waals surface area contributed by atoms with Gasteiger partial charge in [0.1, 0.15) is 17.8 Å². The lowest BCUT2D eigenvalue weighted by Gasteiger charge is -2.36. The van der Waals surface area contributed by atoms with Crippen molar-refractivity contribution in [3.05, 3.63) is 65.7 Å². The summed E-state index contributed by atoms with van der Waals surface area (Å²) in [6.07, 6.45) is 3.45. The van der Waals surface area contributed by atoms with E-state index >= 15 is 0 Å². The van der Waals surface area contributed by atoms with E-state index in [-0.39, 0.29) is 17.6 Å². The van der Waals surface area contributed by atoms with Gasteiger partial charge in [-0.2, -0.15) is 0 Å². The van der Waals surface area contributed by atoms with Gasteiger partial charge in [-0.3, -0.25) is 24.2 Å².